The van der Waals surface area contributed by atoms with E-state index >= 15 is 0 Å². The van der Waals surface area contributed by atoms with Gasteiger partial charge in [-0.25, -0.2) is 4.98 Å². The Kier molecular flexibility index (Phi) is 4.66. The monoisotopic (exact) mass is 365 g/mol. The third-order valence-electron chi connectivity index (χ3n) is 4.95. The van der Waals surface area contributed by atoms with Crippen molar-refractivity contribution in [3.8, 4) is 0 Å². The van der Waals surface area contributed by atoms with Crippen LogP contribution in [0.15, 0.2) is 42.6 Å². The molecule has 0 spiro atoms. The predicted octanol–water partition coefficient (Wildman–Crippen LogP) is 2.23. The Hall–Kier alpha value is -3.09. The molecule has 2 unspecified atom stereocenters. The number of hydrogen-bond acceptors (Lipinski definition) is 5. The molecule has 1 saturated heterocycles. The molecule has 0 aliphatic carbocycles. The fraction of sp³-hybridized carbons (Fsp3) is 0.350. The summed E-state index contributed by atoms with van der Waals surface area (Å²) in [6.45, 7) is 3.57. The first-order valence-corrected chi connectivity index (χ1v) is 9.26. The second-order valence-electron chi connectivity index (χ2n) is 7.15. The molecule has 140 valence electrons. The number of anilines is 3. The number of aromatic nitrogens is 1. The van der Waals surface area contributed by atoms with Crippen molar-refractivity contribution >= 4 is 29.0 Å². The molecule has 1 aromatic heterocycles. The van der Waals surface area contributed by atoms with Crippen LogP contribution in [0.5, 0.6) is 0 Å². The lowest BCUT2D eigenvalue weighted by Gasteiger charge is -2.18. The van der Waals surface area contributed by atoms with Gasteiger partial charge in [-0.05, 0) is 43.7 Å². The molecular formula is C20H23N5O2. The van der Waals surface area contributed by atoms with E-state index in [9.17, 15) is 9.59 Å². The molecule has 27 heavy (non-hydrogen) atoms. The Morgan fingerprint density at radius 1 is 1.26 bits per heavy atom. The van der Waals surface area contributed by atoms with Crippen LogP contribution < -0.4 is 20.9 Å². The quantitative estimate of drug-likeness (QED) is 0.777. The first-order valence-electron chi connectivity index (χ1n) is 9.26. The molecule has 2 aliphatic rings. The van der Waals surface area contributed by atoms with Crippen LogP contribution >= 0.6 is 0 Å². The summed E-state index contributed by atoms with van der Waals surface area (Å²) < 4.78 is 0. The molecule has 3 heterocycles. The topological polar surface area (TPSA) is 86.4 Å². The smallest absolute Gasteiger partial charge is 0.251 e. The first-order chi connectivity index (χ1) is 13.1. The van der Waals surface area contributed by atoms with Crippen LogP contribution in [-0.4, -0.2) is 42.0 Å². The predicted molar refractivity (Wildman–Crippen MR) is 105 cm³/mol. The molecule has 7 heteroatoms. The number of hydrogen-bond donors (Lipinski definition) is 3. The number of rotatable bonds is 3. The first kappa shape index (κ1) is 17.3. The minimum atomic E-state index is -0.101. The summed E-state index contributed by atoms with van der Waals surface area (Å²) in [4.78, 5) is 31.1. The van der Waals surface area contributed by atoms with Crippen LogP contribution in [0, 0.1) is 0 Å². The van der Waals surface area contributed by atoms with Crippen LogP contribution in [0.1, 0.15) is 30.1 Å². The third-order valence-corrected chi connectivity index (χ3v) is 4.95. The van der Waals surface area contributed by atoms with E-state index in [0.717, 1.165) is 31.0 Å². The van der Waals surface area contributed by atoms with Crippen LogP contribution in [0.2, 0.25) is 0 Å². The van der Waals surface area contributed by atoms with Crippen molar-refractivity contribution in [2.75, 3.05) is 28.6 Å². The Labute approximate surface area is 158 Å². The zero-order valence-corrected chi connectivity index (χ0v) is 15.2. The molecule has 4 rings (SSSR count). The number of fused-ring (bicyclic) bond motifs is 1. The van der Waals surface area contributed by atoms with Gasteiger partial charge in [-0.15, -0.1) is 0 Å². The van der Waals surface area contributed by atoms with Gasteiger partial charge in [0.15, 0.2) is 0 Å². The molecular weight excluding hydrogens is 342 g/mol. The number of nitrogens with one attached hydrogen (secondary N) is 3. The van der Waals surface area contributed by atoms with E-state index in [1.165, 1.54) is 0 Å². The van der Waals surface area contributed by atoms with Gasteiger partial charge in [0.05, 0.1) is 11.4 Å². The molecule has 2 aliphatic heterocycles. The van der Waals surface area contributed by atoms with Crippen LogP contribution in [-0.2, 0) is 4.79 Å². The van der Waals surface area contributed by atoms with E-state index in [1.54, 1.807) is 24.4 Å². The molecule has 0 saturated carbocycles. The maximum absolute atomic E-state index is 12.7. The molecule has 2 atom stereocenters. The molecule has 2 aromatic rings. The summed E-state index contributed by atoms with van der Waals surface area (Å²) >= 11 is 0. The summed E-state index contributed by atoms with van der Waals surface area (Å²) in [5.41, 5.74) is 2.08. The zero-order chi connectivity index (χ0) is 18.8. The lowest BCUT2D eigenvalue weighted by molar-refractivity contribution is -0.116. The van der Waals surface area contributed by atoms with Crippen molar-refractivity contribution in [1.29, 1.82) is 0 Å². The number of amides is 2. The molecule has 2 amide bonds. The molecule has 3 N–H and O–H groups in total. The minimum Gasteiger partial charge on any atom is -0.380 e. The lowest BCUT2D eigenvalue weighted by atomic mass is 10.1. The van der Waals surface area contributed by atoms with Gasteiger partial charge in [-0.3, -0.25) is 9.59 Å². The van der Waals surface area contributed by atoms with Gasteiger partial charge in [0.25, 0.3) is 5.91 Å². The maximum Gasteiger partial charge on any atom is 0.251 e. The largest absolute Gasteiger partial charge is 0.380 e. The number of pyridine rings is 1. The standard InChI is InChI=1S/C20H23N5O2/c1-13-10-19(26)24-16-6-5-14(11-17(16)22-13)20(27)23-15-7-9-25(12-15)18-4-2-3-8-21-18/h2-6,8,11,13,15,22H,7,9-10,12H2,1H3,(H,23,27)(H,24,26). The Balaban J connectivity index is 1.43. The summed E-state index contributed by atoms with van der Waals surface area (Å²) in [6, 6.07) is 11.3. The van der Waals surface area contributed by atoms with E-state index < -0.39 is 0 Å². The molecule has 0 radical (unpaired) electrons. The Morgan fingerprint density at radius 3 is 2.96 bits per heavy atom. The average molecular weight is 365 g/mol. The van der Waals surface area contributed by atoms with Crippen molar-refractivity contribution in [3.63, 3.8) is 0 Å². The van der Waals surface area contributed by atoms with Crippen LogP contribution in [0.3, 0.4) is 0 Å². The third kappa shape index (κ3) is 3.86. The minimum absolute atomic E-state index is 0.0197. The highest BCUT2D eigenvalue weighted by Gasteiger charge is 2.25. The zero-order valence-electron chi connectivity index (χ0n) is 15.2. The second-order valence-corrected chi connectivity index (χ2v) is 7.15. The summed E-state index contributed by atoms with van der Waals surface area (Å²) in [5, 5.41) is 9.27. The normalized spacial score (nSPS) is 21.7. The SMILES string of the molecule is CC1CC(=O)Nc2ccc(C(=O)NC3CCN(c4ccccn4)C3)cc2N1. The van der Waals surface area contributed by atoms with Gasteiger partial charge >= 0.3 is 0 Å². The van der Waals surface area contributed by atoms with E-state index in [4.69, 9.17) is 0 Å². The van der Waals surface area contributed by atoms with Crippen molar-refractivity contribution in [2.24, 2.45) is 0 Å². The summed E-state index contributed by atoms with van der Waals surface area (Å²) in [6.07, 6.45) is 3.07. The number of carbonyl (C=O) groups is 2. The van der Waals surface area contributed by atoms with Crippen molar-refractivity contribution in [2.45, 2.75) is 31.8 Å². The van der Waals surface area contributed by atoms with Crippen molar-refractivity contribution < 1.29 is 9.59 Å². The highest BCUT2D eigenvalue weighted by molar-refractivity contribution is 6.00. The molecule has 0 bridgehead atoms. The highest BCUT2D eigenvalue weighted by atomic mass is 16.2. The van der Waals surface area contributed by atoms with E-state index in [0.29, 0.717) is 17.7 Å². The number of benzene rings is 1. The second kappa shape index (κ2) is 7.26. The van der Waals surface area contributed by atoms with Gasteiger partial charge in [0.2, 0.25) is 5.91 Å². The van der Waals surface area contributed by atoms with Gasteiger partial charge in [-0.2, -0.15) is 0 Å². The van der Waals surface area contributed by atoms with Gasteiger partial charge < -0.3 is 20.9 Å². The van der Waals surface area contributed by atoms with Gasteiger partial charge in [0.1, 0.15) is 5.82 Å². The fourth-order valence-corrected chi connectivity index (χ4v) is 3.61. The van der Waals surface area contributed by atoms with E-state index in [-0.39, 0.29) is 23.9 Å². The van der Waals surface area contributed by atoms with Crippen molar-refractivity contribution in [3.05, 3.63) is 48.2 Å². The number of nitrogens with zero attached hydrogens (tertiary/aromatic N) is 2. The van der Waals surface area contributed by atoms with Gasteiger partial charge in [0, 0.05) is 43.4 Å². The van der Waals surface area contributed by atoms with Crippen molar-refractivity contribution in [1.82, 2.24) is 10.3 Å². The van der Waals surface area contributed by atoms with Gasteiger partial charge in [-0.1, -0.05) is 6.07 Å². The fourth-order valence-electron chi connectivity index (χ4n) is 3.61. The van der Waals surface area contributed by atoms with E-state index in [1.807, 2.05) is 25.1 Å². The number of carbonyl (C=O) groups excluding carboxylic acids is 2. The Morgan fingerprint density at radius 2 is 2.15 bits per heavy atom. The average Bonchev–Trinajstić information content (AvgIpc) is 3.06. The highest BCUT2D eigenvalue weighted by Crippen LogP contribution is 2.27. The van der Waals surface area contributed by atoms with E-state index in [2.05, 4.69) is 25.8 Å². The summed E-state index contributed by atoms with van der Waals surface area (Å²) in [7, 11) is 0. The van der Waals surface area contributed by atoms with Crippen LogP contribution in [0.25, 0.3) is 0 Å². The lowest BCUT2D eigenvalue weighted by Crippen LogP contribution is -2.37. The molecule has 1 fully saturated rings. The molecule has 1 aromatic carbocycles. The Bertz CT molecular complexity index is 855. The van der Waals surface area contributed by atoms with Crippen LogP contribution in [0.4, 0.5) is 17.2 Å². The summed E-state index contributed by atoms with van der Waals surface area (Å²) in [5.74, 6) is 0.815. The maximum atomic E-state index is 12.7. The molecule has 7 nitrogen and oxygen atoms in total.